The van der Waals surface area contributed by atoms with E-state index >= 15 is 0 Å². The predicted octanol–water partition coefficient (Wildman–Crippen LogP) is 4.25. The van der Waals surface area contributed by atoms with Crippen molar-refractivity contribution in [1.29, 1.82) is 0 Å². The molecule has 3 rings (SSSR count). The van der Waals surface area contributed by atoms with Gasteiger partial charge in [-0.25, -0.2) is 4.98 Å². The molecule has 110 valence electrons. The summed E-state index contributed by atoms with van der Waals surface area (Å²) < 4.78 is 5.93. The van der Waals surface area contributed by atoms with Crippen LogP contribution in [0, 0.1) is 0 Å². The van der Waals surface area contributed by atoms with Gasteiger partial charge >= 0.3 is 0 Å². The van der Waals surface area contributed by atoms with E-state index in [1.807, 2.05) is 30.5 Å². The molecule has 1 aliphatic rings. The minimum absolute atomic E-state index is 0.434. The van der Waals surface area contributed by atoms with Crippen LogP contribution in [0.1, 0.15) is 43.7 Å². The highest BCUT2D eigenvalue weighted by atomic mass is 16.5. The lowest BCUT2D eigenvalue weighted by atomic mass is 10.0. The molecule has 21 heavy (non-hydrogen) atoms. The van der Waals surface area contributed by atoms with E-state index in [-0.39, 0.29) is 0 Å². The highest BCUT2D eigenvalue weighted by Gasteiger charge is 2.19. The van der Waals surface area contributed by atoms with E-state index in [1.165, 1.54) is 24.0 Å². The van der Waals surface area contributed by atoms with Crippen molar-refractivity contribution < 1.29 is 4.74 Å². The third-order valence-corrected chi connectivity index (χ3v) is 3.73. The van der Waals surface area contributed by atoms with E-state index in [4.69, 9.17) is 4.74 Å². The van der Waals surface area contributed by atoms with E-state index in [0.717, 1.165) is 18.3 Å². The van der Waals surface area contributed by atoms with Crippen molar-refractivity contribution in [2.75, 3.05) is 0 Å². The molecule has 1 aromatic carbocycles. The first kappa shape index (κ1) is 14.1. The summed E-state index contributed by atoms with van der Waals surface area (Å²) >= 11 is 0. The Kier molecular flexibility index (Phi) is 4.20. The van der Waals surface area contributed by atoms with Crippen LogP contribution < -0.4 is 10.1 Å². The predicted molar refractivity (Wildman–Crippen MR) is 84.7 cm³/mol. The van der Waals surface area contributed by atoms with Crippen LogP contribution in [0.2, 0.25) is 0 Å². The van der Waals surface area contributed by atoms with Crippen LogP contribution in [-0.2, 0) is 6.54 Å². The molecule has 0 radical (unpaired) electrons. The molecule has 1 N–H and O–H groups in total. The van der Waals surface area contributed by atoms with Gasteiger partial charge in [0.25, 0.3) is 0 Å². The van der Waals surface area contributed by atoms with Gasteiger partial charge in [0, 0.05) is 24.8 Å². The van der Waals surface area contributed by atoms with Crippen molar-refractivity contribution in [3.05, 3.63) is 53.7 Å². The molecule has 3 heteroatoms. The van der Waals surface area contributed by atoms with Gasteiger partial charge in [-0.2, -0.15) is 0 Å². The Hall–Kier alpha value is -1.87. The SMILES string of the molecule is CC(C)c1ccccc1Oc1ccc(CNC2CC2)cn1. The first-order valence-electron chi connectivity index (χ1n) is 7.67. The Balaban J connectivity index is 1.67. The highest BCUT2D eigenvalue weighted by molar-refractivity contribution is 5.38. The molecule has 2 aromatic rings. The zero-order valence-electron chi connectivity index (χ0n) is 12.7. The van der Waals surface area contributed by atoms with E-state index in [2.05, 4.69) is 36.3 Å². The number of pyridine rings is 1. The molecule has 1 aromatic heterocycles. The van der Waals surface area contributed by atoms with Crippen LogP contribution in [0.5, 0.6) is 11.6 Å². The average Bonchev–Trinajstić information content (AvgIpc) is 3.31. The number of hydrogen-bond acceptors (Lipinski definition) is 3. The standard InChI is InChI=1S/C18H22N2O/c1-13(2)16-5-3-4-6-17(16)21-18-10-7-14(12-20-18)11-19-15-8-9-15/h3-7,10,12-13,15,19H,8-9,11H2,1-2H3. The molecule has 0 aliphatic heterocycles. The number of rotatable bonds is 6. The molecule has 3 nitrogen and oxygen atoms in total. The van der Waals surface area contributed by atoms with Crippen LogP contribution in [0.4, 0.5) is 0 Å². The molecule has 1 aliphatic carbocycles. The number of nitrogens with zero attached hydrogens (tertiary/aromatic N) is 1. The van der Waals surface area contributed by atoms with Crippen molar-refractivity contribution in [2.24, 2.45) is 0 Å². The van der Waals surface area contributed by atoms with Crippen LogP contribution in [-0.4, -0.2) is 11.0 Å². The molecule has 0 bridgehead atoms. The number of hydrogen-bond donors (Lipinski definition) is 1. The van der Waals surface area contributed by atoms with Crippen LogP contribution >= 0.6 is 0 Å². The summed E-state index contributed by atoms with van der Waals surface area (Å²) in [5.74, 6) is 1.98. The van der Waals surface area contributed by atoms with Gasteiger partial charge in [-0.1, -0.05) is 38.1 Å². The van der Waals surface area contributed by atoms with Crippen molar-refractivity contribution in [3.8, 4) is 11.6 Å². The number of aromatic nitrogens is 1. The fraction of sp³-hybridized carbons (Fsp3) is 0.389. The minimum atomic E-state index is 0.434. The fourth-order valence-corrected chi connectivity index (χ4v) is 2.29. The summed E-state index contributed by atoms with van der Waals surface area (Å²) in [6.45, 7) is 5.23. The lowest BCUT2D eigenvalue weighted by Crippen LogP contribution is -2.15. The Morgan fingerprint density at radius 3 is 2.67 bits per heavy atom. The van der Waals surface area contributed by atoms with Gasteiger partial charge in [-0.15, -0.1) is 0 Å². The van der Waals surface area contributed by atoms with Gasteiger partial charge in [-0.05, 0) is 36.0 Å². The first-order valence-corrected chi connectivity index (χ1v) is 7.67. The smallest absolute Gasteiger partial charge is 0.219 e. The maximum atomic E-state index is 5.93. The van der Waals surface area contributed by atoms with E-state index in [0.29, 0.717) is 11.8 Å². The van der Waals surface area contributed by atoms with E-state index < -0.39 is 0 Å². The molecular formula is C18H22N2O. The summed E-state index contributed by atoms with van der Waals surface area (Å²) in [7, 11) is 0. The van der Waals surface area contributed by atoms with Gasteiger partial charge in [0.05, 0.1) is 0 Å². The summed E-state index contributed by atoms with van der Waals surface area (Å²) in [6.07, 6.45) is 4.50. The molecule has 0 unspecified atom stereocenters. The Morgan fingerprint density at radius 2 is 2.00 bits per heavy atom. The monoisotopic (exact) mass is 282 g/mol. The van der Waals surface area contributed by atoms with Crippen molar-refractivity contribution in [1.82, 2.24) is 10.3 Å². The normalized spacial score (nSPS) is 14.4. The van der Waals surface area contributed by atoms with Gasteiger partial charge in [0.1, 0.15) is 5.75 Å². The zero-order valence-corrected chi connectivity index (χ0v) is 12.7. The number of ether oxygens (including phenoxy) is 1. The lowest BCUT2D eigenvalue weighted by molar-refractivity contribution is 0.454. The molecule has 0 amide bonds. The molecule has 1 heterocycles. The molecule has 0 spiro atoms. The number of benzene rings is 1. The highest BCUT2D eigenvalue weighted by Crippen LogP contribution is 2.29. The van der Waals surface area contributed by atoms with Crippen LogP contribution in [0.3, 0.4) is 0 Å². The largest absolute Gasteiger partial charge is 0.439 e. The molecule has 0 atom stereocenters. The lowest BCUT2D eigenvalue weighted by Gasteiger charge is -2.13. The van der Waals surface area contributed by atoms with Crippen molar-refractivity contribution in [2.45, 2.75) is 45.2 Å². The maximum absolute atomic E-state index is 5.93. The second-order valence-corrected chi connectivity index (χ2v) is 5.95. The summed E-state index contributed by atoms with van der Waals surface area (Å²) in [6, 6.07) is 12.9. The van der Waals surface area contributed by atoms with Crippen molar-refractivity contribution in [3.63, 3.8) is 0 Å². The Bertz CT molecular complexity index is 588. The first-order chi connectivity index (χ1) is 10.2. The van der Waals surface area contributed by atoms with Gasteiger partial charge < -0.3 is 10.1 Å². The van der Waals surface area contributed by atoms with Crippen LogP contribution in [0.15, 0.2) is 42.6 Å². The molecule has 1 fully saturated rings. The number of para-hydroxylation sites is 1. The summed E-state index contributed by atoms with van der Waals surface area (Å²) in [4.78, 5) is 4.41. The molecule has 0 saturated heterocycles. The quantitative estimate of drug-likeness (QED) is 0.860. The van der Waals surface area contributed by atoms with Crippen LogP contribution in [0.25, 0.3) is 0 Å². The fourth-order valence-electron chi connectivity index (χ4n) is 2.29. The summed E-state index contributed by atoms with van der Waals surface area (Å²) in [5.41, 5.74) is 2.41. The van der Waals surface area contributed by atoms with Crippen molar-refractivity contribution >= 4 is 0 Å². The minimum Gasteiger partial charge on any atom is -0.439 e. The summed E-state index contributed by atoms with van der Waals surface area (Å²) in [5, 5.41) is 3.49. The van der Waals surface area contributed by atoms with E-state index in [9.17, 15) is 0 Å². The Morgan fingerprint density at radius 1 is 1.19 bits per heavy atom. The van der Waals surface area contributed by atoms with Gasteiger partial charge in [-0.3, -0.25) is 0 Å². The third-order valence-electron chi connectivity index (χ3n) is 3.73. The number of nitrogens with one attached hydrogen (secondary N) is 1. The molecule has 1 saturated carbocycles. The van der Waals surface area contributed by atoms with Gasteiger partial charge in [0.15, 0.2) is 0 Å². The van der Waals surface area contributed by atoms with E-state index in [1.54, 1.807) is 0 Å². The zero-order chi connectivity index (χ0) is 14.7. The third kappa shape index (κ3) is 3.82. The molecular weight excluding hydrogens is 260 g/mol. The maximum Gasteiger partial charge on any atom is 0.219 e. The topological polar surface area (TPSA) is 34.1 Å². The second kappa shape index (κ2) is 6.27. The van der Waals surface area contributed by atoms with Gasteiger partial charge in [0.2, 0.25) is 5.88 Å². The second-order valence-electron chi connectivity index (χ2n) is 5.95. The average molecular weight is 282 g/mol. The Labute approximate surface area is 126 Å².